The number of carbonyl (C=O) groups is 1. The first-order valence-corrected chi connectivity index (χ1v) is 12.2. The van der Waals surface area contributed by atoms with Gasteiger partial charge in [-0.05, 0) is 56.2 Å². The highest BCUT2D eigenvalue weighted by Crippen LogP contribution is 2.29. The molecule has 2 aromatic carbocycles. The number of benzene rings is 2. The number of hydrogen-bond donors (Lipinski definition) is 1. The number of aryl methyl sites for hydroxylation is 1. The molecule has 0 bridgehead atoms. The quantitative estimate of drug-likeness (QED) is 0.525. The molecule has 0 spiro atoms. The molecule has 33 heavy (non-hydrogen) atoms. The number of carboxylic acids is 1. The number of aromatic nitrogens is 1. The van der Waals surface area contributed by atoms with E-state index in [1.165, 1.54) is 23.5 Å². The van der Waals surface area contributed by atoms with Gasteiger partial charge in [0.15, 0.2) is 0 Å². The lowest BCUT2D eigenvalue weighted by molar-refractivity contribution is -0.143. The lowest BCUT2D eigenvalue weighted by Gasteiger charge is -2.32. The molecule has 0 radical (unpaired) electrons. The van der Waals surface area contributed by atoms with Crippen LogP contribution in [0.1, 0.15) is 24.1 Å². The number of allylic oxidation sites excluding steroid dienone is 1. The standard InChI is InChI=1S/C25H26N2O5S/c1-17-15-18(21-7-3-5-9-23(21)26-17)16-32-19-11-13-20(14-12-19)33(30,31)27(2)24-10-6-4-8-22(24)25(28)29/h3-7,9,11-15,22,24H,8,10,16H2,1-2H3,(H,28,29)/t22-,24+/m0/s1. The predicted molar refractivity (Wildman–Crippen MR) is 125 cm³/mol. The molecule has 3 aromatic rings. The number of para-hydroxylation sites is 1. The first-order valence-electron chi connectivity index (χ1n) is 10.7. The maximum Gasteiger partial charge on any atom is 0.308 e. The van der Waals surface area contributed by atoms with Crippen molar-refractivity contribution in [2.45, 2.75) is 37.3 Å². The summed E-state index contributed by atoms with van der Waals surface area (Å²) in [5.74, 6) is -1.22. The summed E-state index contributed by atoms with van der Waals surface area (Å²) >= 11 is 0. The van der Waals surface area contributed by atoms with Crippen LogP contribution < -0.4 is 4.74 Å². The van der Waals surface area contributed by atoms with Crippen molar-refractivity contribution in [2.24, 2.45) is 5.92 Å². The van der Waals surface area contributed by atoms with Gasteiger partial charge in [0, 0.05) is 29.7 Å². The van der Waals surface area contributed by atoms with Gasteiger partial charge in [0.25, 0.3) is 0 Å². The molecule has 8 heteroatoms. The van der Waals surface area contributed by atoms with Crippen molar-refractivity contribution in [1.29, 1.82) is 0 Å². The van der Waals surface area contributed by atoms with Crippen LogP contribution in [0.2, 0.25) is 0 Å². The lowest BCUT2D eigenvalue weighted by atomic mass is 9.89. The molecule has 0 aliphatic heterocycles. The van der Waals surface area contributed by atoms with Crippen molar-refractivity contribution in [3.05, 3.63) is 78.0 Å². The van der Waals surface area contributed by atoms with Gasteiger partial charge in [-0.25, -0.2) is 8.42 Å². The van der Waals surface area contributed by atoms with E-state index in [9.17, 15) is 18.3 Å². The van der Waals surface area contributed by atoms with Crippen LogP contribution in [0, 0.1) is 12.8 Å². The summed E-state index contributed by atoms with van der Waals surface area (Å²) < 4.78 is 33.4. The Labute approximate surface area is 193 Å². The van der Waals surface area contributed by atoms with Crippen LogP contribution in [0.25, 0.3) is 10.9 Å². The molecular formula is C25H26N2O5S. The third-order valence-corrected chi connectivity index (χ3v) is 7.90. The highest BCUT2D eigenvalue weighted by Gasteiger charge is 2.37. The van der Waals surface area contributed by atoms with E-state index in [1.54, 1.807) is 18.2 Å². The second-order valence-electron chi connectivity index (χ2n) is 8.18. The van der Waals surface area contributed by atoms with E-state index in [1.807, 2.05) is 43.3 Å². The highest BCUT2D eigenvalue weighted by atomic mass is 32.2. The Kier molecular flexibility index (Phi) is 6.49. The minimum absolute atomic E-state index is 0.0984. The maximum atomic E-state index is 13.1. The molecule has 4 rings (SSSR count). The number of carboxylic acid groups (broad SMARTS) is 1. The number of rotatable bonds is 7. The summed E-state index contributed by atoms with van der Waals surface area (Å²) in [5, 5.41) is 10.5. The summed E-state index contributed by atoms with van der Waals surface area (Å²) in [6.07, 6.45) is 4.30. The first-order chi connectivity index (χ1) is 15.8. The Bertz CT molecular complexity index is 1300. The van der Waals surface area contributed by atoms with Gasteiger partial charge in [0.2, 0.25) is 10.0 Å². The molecule has 0 fully saturated rings. The van der Waals surface area contributed by atoms with E-state index in [0.29, 0.717) is 25.2 Å². The fraction of sp³-hybridized carbons (Fsp3) is 0.280. The van der Waals surface area contributed by atoms with E-state index in [0.717, 1.165) is 22.2 Å². The molecule has 1 aliphatic carbocycles. The summed E-state index contributed by atoms with van der Waals surface area (Å²) in [7, 11) is -2.41. The zero-order valence-electron chi connectivity index (χ0n) is 18.5. The number of nitrogens with zero attached hydrogens (tertiary/aromatic N) is 2. The average Bonchev–Trinajstić information content (AvgIpc) is 2.82. The van der Waals surface area contributed by atoms with Crippen LogP contribution in [0.3, 0.4) is 0 Å². The zero-order chi connectivity index (χ0) is 23.6. The Balaban J connectivity index is 1.50. The number of aliphatic carboxylic acids is 1. The fourth-order valence-electron chi connectivity index (χ4n) is 4.19. The van der Waals surface area contributed by atoms with Crippen LogP contribution in [0.15, 0.2) is 71.6 Å². The molecule has 0 amide bonds. The molecule has 7 nitrogen and oxygen atoms in total. The van der Waals surface area contributed by atoms with Gasteiger partial charge >= 0.3 is 5.97 Å². The predicted octanol–water partition coefficient (Wildman–Crippen LogP) is 4.16. The van der Waals surface area contributed by atoms with Crippen LogP contribution in [0.4, 0.5) is 0 Å². The zero-order valence-corrected chi connectivity index (χ0v) is 19.3. The third kappa shape index (κ3) is 4.77. The minimum Gasteiger partial charge on any atom is -0.489 e. The Hall–Kier alpha value is -3.23. The van der Waals surface area contributed by atoms with Gasteiger partial charge in [-0.3, -0.25) is 9.78 Å². The van der Waals surface area contributed by atoms with Crippen molar-refractivity contribution in [2.75, 3.05) is 7.05 Å². The maximum absolute atomic E-state index is 13.1. The number of pyridine rings is 1. The molecular weight excluding hydrogens is 440 g/mol. The molecule has 0 unspecified atom stereocenters. The molecule has 0 saturated carbocycles. The molecule has 1 aromatic heterocycles. The number of ether oxygens (including phenoxy) is 1. The van der Waals surface area contributed by atoms with Crippen LogP contribution in [-0.4, -0.2) is 41.9 Å². The SMILES string of the molecule is Cc1cc(COc2ccc(S(=O)(=O)N(C)[C@@H]3CC=CC[C@@H]3C(=O)O)cc2)c2ccccc2n1. The van der Waals surface area contributed by atoms with E-state index in [-0.39, 0.29) is 4.90 Å². The van der Waals surface area contributed by atoms with Gasteiger partial charge in [0.05, 0.1) is 16.3 Å². The van der Waals surface area contributed by atoms with Crippen LogP contribution in [-0.2, 0) is 21.4 Å². The largest absolute Gasteiger partial charge is 0.489 e. The van der Waals surface area contributed by atoms with E-state index in [4.69, 9.17) is 4.74 Å². The van der Waals surface area contributed by atoms with Crippen molar-refractivity contribution in [3.63, 3.8) is 0 Å². The number of hydrogen-bond acceptors (Lipinski definition) is 5. The Morgan fingerprint density at radius 2 is 1.82 bits per heavy atom. The number of sulfonamides is 1. The molecule has 1 N–H and O–H groups in total. The summed E-state index contributed by atoms with van der Waals surface area (Å²) in [6.45, 7) is 2.26. The fourth-order valence-corrected chi connectivity index (χ4v) is 5.60. The molecule has 1 aliphatic rings. The Morgan fingerprint density at radius 1 is 1.12 bits per heavy atom. The third-order valence-electron chi connectivity index (χ3n) is 6.01. The Morgan fingerprint density at radius 3 is 2.55 bits per heavy atom. The van der Waals surface area contributed by atoms with E-state index < -0.39 is 28.0 Å². The van der Waals surface area contributed by atoms with E-state index in [2.05, 4.69) is 4.98 Å². The number of fused-ring (bicyclic) bond motifs is 1. The first kappa shape index (κ1) is 22.9. The summed E-state index contributed by atoms with van der Waals surface area (Å²) in [6, 6.07) is 15.4. The van der Waals surface area contributed by atoms with E-state index >= 15 is 0 Å². The molecule has 0 saturated heterocycles. The van der Waals surface area contributed by atoms with Gasteiger partial charge in [-0.15, -0.1) is 0 Å². The molecule has 172 valence electrons. The van der Waals surface area contributed by atoms with Gasteiger partial charge in [-0.1, -0.05) is 30.4 Å². The van der Waals surface area contributed by atoms with Crippen molar-refractivity contribution in [1.82, 2.24) is 9.29 Å². The van der Waals surface area contributed by atoms with Crippen molar-refractivity contribution in [3.8, 4) is 5.75 Å². The molecule has 1 heterocycles. The van der Waals surface area contributed by atoms with Crippen LogP contribution in [0.5, 0.6) is 5.75 Å². The lowest BCUT2D eigenvalue weighted by Crippen LogP contribution is -2.45. The van der Waals surface area contributed by atoms with Gasteiger partial charge in [-0.2, -0.15) is 4.31 Å². The van der Waals surface area contributed by atoms with Crippen molar-refractivity contribution < 1.29 is 23.1 Å². The smallest absolute Gasteiger partial charge is 0.308 e. The summed E-state index contributed by atoms with van der Waals surface area (Å²) in [5.41, 5.74) is 2.80. The second-order valence-corrected chi connectivity index (χ2v) is 10.2. The molecule has 2 atom stereocenters. The monoisotopic (exact) mass is 466 g/mol. The average molecular weight is 467 g/mol. The normalized spacial score (nSPS) is 18.5. The summed E-state index contributed by atoms with van der Waals surface area (Å²) in [4.78, 5) is 16.2. The van der Waals surface area contributed by atoms with Gasteiger partial charge in [0.1, 0.15) is 12.4 Å². The topological polar surface area (TPSA) is 96.8 Å². The highest BCUT2D eigenvalue weighted by molar-refractivity contribution is 7.89. The van der Waals surface area contributed by atoms with Crippen LogP contribution >= 0.6 is 0 Å². The minimum atomic E-state index is -3.85. The van der Waals surface area contributed by atoms with Crippen molar-refractivity contribution >= 4 is 26.9 Å². The second kappa shape index (κ2) is 9.33. The van der Waals surface area contributed by atoms with Gasteiger partial charge < -0.3 is 9.84 Å².